The van der Waals surface area contributed by atoms with Crippen LogP contribution < -0.4 is 10.8 Å². The second-order valence-electron chi connectivity index (χ2n) is 8.15. The van der Waals surface area contributed by atoms with E-state index in [2.05, 4.69) is 15.4 Å². The lowest BCUT2D eigenvalue weighted by Crippen LogP contribution is -2.41. The smallest absolute Gasteiger partial charge is 0.252 e. The summed E-state index contributed by atoms with van der Waals surface area (Å²) in [6.45, 7) is 1.50. The lowest BCUT2D eigenvalue weighted by molar-refractivity contribution is 0.275. The van der Waals surface area contributed by atoms with Gasteiger partial charge in [0.15, 0.2) is 5.65 Å². The van der Waals surface area contributed by atoms with Crippen LogP contribution in [0.2, 0.25) is 9.36 Å². The van der Waals surface area contributed by atoms with Crippen molar-refractivity contribution in [1.29, 1.82) is 0 Å². The van der Waals surface area contributed by atoms with E-state index in [4.69, 9.17) is 31.0 Å². The molecule has 1 fully saturated rings. The number of halogens is 2. The number of thiophene rings is 1. The number of fused-ring (bicyclic) bond motifs is 1. The molecule has 1 aromatic carbocycles. The SMILES string of the molecule is [B]c1cnn2c(NCC3CCCN(S(=O)(=O)c4ccc(Cl)s4)C3)cc(-c3ccccc3Cl)nc12. The van der Waals surface area contributed by atoms with Crippen LogP contribution >= 0.6 is 34.5 Å². The van der Waals surface area contributed by atoms with Crippen molar-refractivity contribution in [3.05, 3.63) is 58.0 Å². The summed E-state index contributed by atoms with van der Waals surface area (Å²) >= 11 is 13.4. The molecule has 1 saturated heterocycles. The Labute approximate surface area is 213 Å². The van der Waals surface area contributed by atoms with Crippen LogP contribution in [0.15, 0.2) is 52.9 Å². The first kappa shape index (κ1) is 23.6. The first-order chi connectivity index (χ1) is 16.3. The molecule has 174 valence electrons. The van der Waals surface area contributed by atoms with Crippen LogP contribution in [0.5, 0.6) is 0 Å². The summed E-state index contributed by atoms with van der Waals surface area (Å²) in [4.78, 5) is 4.66. The highest BCUT2D eigenvalue weighted by molar-refractivity contribution is 7.91. The molecule has 5 rings (SSSR count). The Hall–Kier alpha value is -2.11. The average molecular weight is 532 g/mol. The van der Waals surface area contributed by atoms with E-state index in [1.807, 2.05) is 30.3 Å². The predicted octanol–water partition coefficient (Wildman–Crippen LogP) is 4.07. The lowest BCUT2D eigenvalue weighted by Gasteiger charge is -2.31. The van der Waals surface area contributed by atoms with Crippen molar-refractivity contribution in [1.82, 2.24) is 18.9 Å². The minimum absolute atomic E-state index is 0.124. The highest BCUT2D eigenvalue weighted by Gasteiger charge is 2.31. The number of hydrogen-bond donors (Lipinski definition) is 1. The van der Waals surface area contributed by atoms with Crippen LogP contribution in [-0.4, -0.2) is 54.8 Å². The number of piperidine rings is 1. The van der Waals surface area contributed by atoms with Gasteiger partial charge in [0.25, 0.3) is 10.0 Å². The van der Waals surface area contributed by atoms with Crippen LogP contribution in [0.1, 0.15) is 12.8 Å². The summed E-state index contributed by atoms with van der Waals surface area (Å²) in [6.07, 6.45) is 3.26. The Morgan fingerprint density at radius 1 is 1.21 bits per heavy atom. The molecule has 0 amide bonds. The minimum Gasteiger partial charge on any atom is -0.370 e. The first-order valence-corrected chi connectivity index (χ1v) is 13.7. The van der Waals surface area contributed by atoms with Crippen LogP contribution in [0.25, 0.3) is 16.9 Å². The lowest BCUT2D eigenvalue weighted by atomic mass is 9.99. The van der Waals surface area contributed by atoms with E-state index >= 15 is 0 Å². The number of rotatable bonds is 6. The van der Waals surface area contributed by atoms with Crippen LogP contribution in [0.4, 0.5) is 5.82 Å². The molecule has 0 spiro atoms. The fourth-order valence-corrected chi connectivity index (χ4v) is 7.56. The molecule has 4 aromatic rings. The van der Waals surface area contributed by atoms with Crippen molar-refractivity contribution in [3.63, 3.8) is 0 Å². The van der Waals surface area contributed by atoms with Crippen LogP contribution in [0, 0.1) is 5.92 Å². The van der Waals surface area contributed by atoms with Gasteiger partial charge in [-0.2, -0.15) is 13.9 Å². The highest BCUT2D eigenvalue weighted by atomic mass is 35.5. The third kappa shape index (κ3) is 4.57. The minimum atomic E-state index is -3.56. The zero-order valence-corrected chi connectivity index (χ0v) is 21.1. The standard InChI is InChI=1S/C22H20BCl2N5O2S2/c23-16-12-27-30-20(10-18(28-22(16)30)15-5-1-2-6-17(15)24)26-11-14-4-3-9-29(13-14)34(31,32)21-8-7-19(25)33-21/h1-2,5-8,10,12,14,26H,3-4,9,11,13H2. The van der Waals surface area contributed by atoms with Gasteiger partial charge in [-0.15, -0.1) is 11.3 Å². The molecule has 0 aliphatic carbocycles. The molecule has 34 heavy (non-hydrogen) atoms. The van der Waals surface area contributed by atoms with Crippen LogP contribution in [0.3, 0.4) is 0 Å². The van der Waals surface area contributed by atoms with Crippen molar-refractivity contribution < 1.29 is 8.42 Å². The summed E-state index contributed by atoms with van der Waals surface area (Å²) in [5, 5.41) is 8.38. The molecule has 0 bridgehead atoms. The molecule has 1 N–H and O–H groups in total. The zero-order valence-electron chi connectivity index (χ0n) is 18.0. The molecule has 1 atom stereocenters. The third-order valence-electron chi connectivity index (χ3n) is 5.85. The molecule has 3 aromatic heterocycles. The molecule has 7 nitrogen and oxygen atoms in total. The van der Waals surface area contributed by atoms with Crippen molar-refractivity contribution in [2.24, 2.45) is 5.92 Å². The number of anilines is 1. The van der Waals surface area contributed by atoms with Gasteiger partial charge in [-0.05, 0) is 42.4 Å². The third-order valence-corrected chi connectivity index (χ3v) is 9.74. The molecule has 0 saturated carbocycles. The average Bonchev–Trinajstić information content (AvgIpc) is 3.44. The van der Waals surface area contributed by atoms with Crippen molar-refractivity contribution in [2.75, 3.05) is 25.0 Å². The van der Waals surface area contributed by atoms with Gasteiger partial charge in [0.05, 0.1) is 10.0 Å². The summed E-state index contributed by atoms with van der Waals surface area (Å²) in [5.74, 6) is 0.834. The van der Waals surface area contributed by atoms with E-state index in [9.17, 15) is 8.42 Å². The number of sulfonamides is 1. The number of benzene rings is 1. The van der Waals surface area contributed by atoms with E-state index in [0.717, 1.165) is 29.7 Å². The van der Waals surface area contributed by atoms with Crippen molar-refractivity contribution >= 4 is 69.3 Å². The molecule has 4 heterocycles. The van der Waals surface area contributed by atoms with Crippen molar-refractivity contribution in [3.8, 4) is 11.3 Å². The monoisotopic (exact) mass is 531 g/mol. The van der Waals surface area contributed by atoms with E-state index in [1.165, 1.54) is 0 Å². The summed E-state index contributed by atoms with van der Waals surface area (Å²) in [5.41, 5.74) is 2.46. The van der Waals surface area contributed by atoms with Crippen molar-refractivity contribution in [2.45, 2.75) is 17.1 Å². The number of nitrogens with zero attached hydrogens (tertiary/aromatic N) is 4. The summed E-state index contributed by atoms with van der Waals surface area (Å²) in [7, 11) is 2.55. The Morgan fingerprint density at radius 3 is 2.79 bits per heavy atom. The van der Waals surface area contributed by atoms with Gasteiger partial charge in [-0.25, -0.2) is 13.4 Å². The van der Waals surface area contributed by atoms with E-state index in [1.54, 1.807) is 27.2 Å². The normalized spacial score (nSPS) is 17.3. The predicted molar refractivity (Wildman–Crippen MR) is 138 cm³/mol. The fourth-order valence-electron chi connectivity index (χ4n) is 4.14. The Morgan fingerprint density at radius 2 is 2.03 bits per heavy atom. The van der Waals surface area contributed by atoms with E-state index < -0.39 is 10.0 Å². The first-order valence-electron chi connectivity index (χ1n) is 10.7. The Bertz CT molecular complexity index is 1460. The zero-order chi connectivity index (χ0) is 23.9. The topological polar surface area (TPSA) is 79.6 Å². The maximum absolute atomic E-state index is 13.0. The van der Waals surface area contributed by atoms with Gasteiger partial charge in [-0.1, -0.05) is 41.4 Å². The maximum atomic E-state index is 13.0. The maximum Gasteiger partial charge on any atom is 0.252 e. The summed E-state index contributed by atoms with van der Waals surface area (Å²) in [6, 6.07) is 12.5. The molecule has 1 aliphatic rings. The Balaban J connectivity index is 1.38. The van der Waals surface area contributed by atoms with E-state index in [-0.39, 0.29) is 10.1 Å². The molecule has 12 heteroatoms. The molecule has 1 aliphatic heterocycles. The number of nitrogens with one attached hydrogen (secondary N) is 1. The fraction of sp³-hybridized carbons (Fsp3) is 0.273. The van der Waals surface area contributed by atoms with Gasteiger partial charge >= 0.3 is 0 Å². The molecule has 2 radical (unpaired) electrons. The Kier molecular flexibility index (Phi) is 6.61. The summed E-state index contributed by atoms with van der Waals surface area (Å²) < 4.78 is 30.0. The quantitative estimate of drug-likeness (QED) is 0.379. The largest absolute Gasteiger partial charge is 0.370 e. The van der Waals surface area contributed by atoms with Gasteiger partial charge in [0.1, 0.15) is 17.9 Å². The second-order valence-corrected chi connectivity index (χ2v) is 12.4. The second kappa shape index (κ2) is 9.51. The highest BCUT2D eigenvalue weighted by Crippen LogP contribution is 2.31. The molecular weight excluding hydrogens is 512 g/mol. The van der Waals surface area contributed by atoms with Crippen LogP contribution in [-0.2, 0) is 10.0 Å². The van der Waals surface area contributed by atoms with Gasteiger partial charge in [0, 0.05) is 42.5 Å². The molecule has 1 unspecified atom stereocenters. The van der Waals surface area contributed by atoms with Gasteiger partial charge in [0.2, 0.25) is 0 Å². The van der Waals surface area contributed by atoms with Gasteiger partial charge in [-0.3, -0.25) is 0 Å². The van der Waals surface area contributed by atoms with Gasteiger partial charge < -0.3 is 5.32 Å². The molecular formula is C22H20BCl2N5O2S2. The number of aromatic nitrogens is 3. The van der Waals surface area contributed by atoms with E-state index in [0.29, 0.717) is 51.6 Å². The number of hydrogen-bond acceptors (Lipinski definition) is 6.